The van der Waals surface area contributed by atoms with Crippen molar-refractivity contribution in [3.63, 3.8) is 0 Å². The van der Waals surface area contributed by atoms with Crippen molar-refractivity contribution in [3.05, 3.63) is 56.0 Å². The number of ketones is 1. The van der Waals surface area contributed by atoms with Gasteiger partial charge in [-0.25, -0.2) is 0 Å². The van der Waals surface area contributed by atoms with Gasteiger partial charge in [0, 0.05) is 9.13 Å². The Bertz CT molecular complexity index is 488. The lowest BCUT2D eigenvalue weighted by molar-refractivity contribution is 0.101. The van der Waals surface area contributed by atoms with Gasteiger partial charge in [0.05, 0.1) is 0 Å². The largest absolute Gasteiger partial charge is 0.446 e. The molecule has 0 fully saturated rings. The molecule has 0 amide bonds. The van der Waals surface area contributed by atoms with E-state index in [1.54, 1.807) is 24.3 Å². The third-order valence-corrected chi connectivity index (χ3v) is 3.05. The van der Waals surface area contributed by atoms with Gasteiger partial charge in [-0.3, -0.25) is 4.79 Å². The van der Waals surface area contributed by atoms with Crippen molar-refractivity contribution in [2.45, 2.75) is 0 Å². The van der Waals surface area contributed by atoms with Gasteiger partial charge in [0.2, 0.25) is 5.78 Å². The first kappa shape index (κ1) is 10.9. The molecule has 76 valence electrons. The van der Waals surface area contributed by atoms with E-state index in [0.717, 1.165) is 3.57 Å². The molecule has 1 aromatic heterocycles. The zero-order valence-corrected chi connectivity index (χ0v) is 11.3. The summed E-state index contributed by atoms with van der Waals surface area (Å²) in [5.41, 5.74) is 0.636. The summed E-state index contributed by atoms with van der Waals surface area (Å²) in [6.45, 7) is 0. The van der Waals surface area contributed by atoms with Crippen LogP contribution < -0.4 is 0 Å². The first-order valence-corrected chi connectivity index (χ1v) is 6.09. The average molecular weight is 377 g/mol. The van der Waals surface area contributed by atoms with Gasteiger partial charge in [-0.05, 0) is 74.9 Å². The molecule has 0 aliphatic carbocycles. The molecule has 0 aliphatic rings. The van der Waals surface area contributed by atoms with E-state index in [9.17, 15) is 4.79 Å². The summed E-state index contributed by atoms with van der Waals surface area (Å²) in [7, 11) is 0. The summed E-state index contributed by atoms with van der Waals surface area (Å²) in [5.74, 6) is 0.250. The fourth-order valence-corrected chi connectivity index (χ4v) is 1.85. The van der Waals surface area contributed by atoms with Gasteiger partial charge in [-0.2, -0.15) is 0 Å². The van der Waals surface area contributed by atoms with E-state index in [1.165, 1.54) is 0 Å². The van der Waals surface area contributed by atoms with Crippen molar-refractivity contribution in [3.8, 4) is 0 Å². The molecule has 0 spiro atoms. The maximum atomic E-state index is 11.9. The van der Waals surface area contributed by atoms with E-state index in [-0.39, 0.29) is 5.78 Å². The molecule has 0 radical (unpaired) electrons. The van der Waals surface area contributed by atoms with Gasteiger partial charge in [0.15, 0.2) is 10.4 Å². The molecule has 15 heavy (non-hydrogen) atoms. The van der Waals surface area contributed by atoms with Crippen LogP contribution in [0.4, 0.5) is 0 Å². The number of hydrogen-bond donors (Lipinski definition) is 0. The smallest absolute Gasteiger partial charge is 0.228 e. The van der Waals surface area contributed by atoms with Crippen LogP contribution in [0, 0.1) is 3.57 Å². The zero-order chi connectivity index (χ0) is 10.8. The molecule has 1 aromatic carbocycles. The lowest BCUT2D eigenvalue weighted by Crippen LogP contribution is -1.98. The van der Waals surface area contributed by atoms with E-state index >= 15 is 0 Å². The first-order valence-electron chi connectivity index (χ1n) is 4.22. The number of halogens is 2. The molecule has 0 aliphatic heterocycles. The Morgan fingerprint density at radius 3 is 2.33 bits per heavy atom. The molecule has 0 atom stereocenters. The van der Waals surface area contributed by atoms with E-state index in [1.807, 2.05) is 12.1 Å². The Labute approximate surface area is 109 Å². The second-order valence-corrected chi connectivity index (χ2v) is 4.97. The minimum absolute atomic E-state index is 0.0999. The van der Waals surface area contributed by atoms with Crippen LogP contribution in [0.2, 0.25) is 0 Å². The number of rotatable bonds is 2. The summed E-state index contributed by atoms with van der Waals surface area (Å²) in [4.78, 5) is 11.9. The molecule has 2 aromatic rings. The predicted molar refractivity (Wildman–Crippen MR) is 69.0 cm³/mol. The highest BCUT2D eigenvalue weighted by Crippen LogP contribution is 2.18. The molecular formula is C11H6BrIO2. The highest BCUT2D eigenvalue weighted by atomic mass is 127. The number of carbonyl (C=O) groups is 1. The van der Waals surface area contributed by atoms with Crippen LogP contribution in [-0.2, 0) is 0 Å². The molecule has 0 saturated carbocycles. The molecule has 4 heteroatoms. The van der Waals surface area contributed by atoms with Crippen molar-refractivity contribution in [1.29, 1.82) is 0 Å². The normalized spacial score (nSPS) is 10.3. The van der Waals surface area contributed by atoms with Crippen LogP contribution in [0.1, 0.15) is 16.1 Å². The Balaban J connectivity index is 2.32. The highest BCUT2D eigenvalue weighted by molar-refractivity contribution is 14.1. The Morgan fingerprint density at radius 1 is 1.13 bits per heavy atom. The van der Waals surface area contributed by atoms with Crippen LogP contribution in [0.3, 0.4) is 0 Å². The lowest BCUT2D eigenvalue weighted by Gasteiger charge is -1.97. The number of carbonyl (C=O) groups excluding carboxylic acids is 1. The second kappa shape index (κ2) is 4.49. The Morgan fingerprint density at radius 2 is 1.80 bits per heavy atom. The van der Waals surface area contributed by atoms with Gasteiger partial charge in [0.1, 0.15) is 0 Å². The fraction of sp³-hybridized carbons (Fsp3) is 0. The van der Waals surface area contributed by atoms with Crippen LogP contribution in [0.15, 0.2) is 45.5 Å². The van der Waals surface area contributed by atoms with Gasteiger partial charge < -0.3 is 4.42 Å². The maximum Gasteiger partial charge on any atom is 0.228 e. The Kier molecular flexibility index (Phi) is 3.25. The van der Waals surface area contributed by atoms with Crippen molar-refractivity contribution >= 4 is 44.3 Å². The standard InChI is InChI=1S/C11H6BrIO2/c12-10-6-5-9(15-10)11(14)7-1-3-8(13)4-2-7/h1-6H. The molecule has 2 rings (SSSR count). The highest BCUT2D eigenvalue weighted by Gasteiger charge is 2.12. The number of furan rings is 1. The average Bonchev–Trinajstić information content (AvgIpc) is 2.65. The van der Waals surface area contributed by atoms with Crippen LogP contribution in [0.5, 0.6) is 0 Å². The number of benzene rings is 1. The molecule has 1 heterocycles. The van der Waals surface area contributed by atoms with Gasteiger partial charge >= 0.3 is 0 Å². The van der Waals surface area contributed by atoms with Gasteiger partial charge in [-0.1, -0.05) is 0 Å². The summed E-state index contributed by atoms with van der Waals surface area (Å²) < 4.78 is 6.86. The summed E-state index contributed by atoms with van der Waals surface area (Å²) in [6.07, 6.45) is 0. The van der Waals surface area contributed by atoms with Crippen molar-refractivity contribution in [2.75, 3.05) is 0 Å². The van der Waals surface area contributed by atoms with E-state index in [4.69, 9.17) is 4.42 Å². The molecule has 0 unspecified atom stereocenters. The van der Waals surface area contributed by atoms with Crippen LogP contribution in [0.25, 0.3) is 0 Å². The quantitative estimate of drug-likeness (QED) is 0.588. The van der Waals surface area contributed by atoms with Crippen LogP contribution >= 0.6 is 38.5 Å². The lowest BCUT2D eigenvalue weighted by atomic mass is 10.1. The fourth-order valence-electron chi connectivity index (χ4n) is 1.18. The second-order valence-electron chi connectivity index (χ2n) is 2.94. The van der Waals surface area contributed by atoms with Crippen molar-refractivity contribution in [2.24, 2.45) is 0 Å². The SMILES string of the molecule is O=C(c1ccc(I)cc1)c1ccc(Br)o1. The third kappa shape index (κ3) is 2.49. The minimum Gasteiger partial charge on any atom is -0.446 e. The molecule has 0 bridgehead atoms. The van der Waals surface area contributed by atoms with Crippen LogP contribution in [-0.4, -0.2) is 5.78 Å². The zero-order valence-electron chi connectivity index (χ0n) is 7.54. The summed E-state index contributed by atoms with van der Waals surface area (Å²) in [6, 6.07) is 10.7. The summed E-state index contributed by atoms with van der Waals surface area (Å²) in [5, 5.41) is 0. The minimum atomic E-state index is -0.0999. The van der Waals surface area contributed by atoms with E-state index in [0.29, 0.717) is 16.0 Å². The number of hydrogen-bond acceptors (Lipinski definition) is 2. The molecule has 0 saturated heterocycles. The van der Waals surface area contributed by atoms with Gasteiger partial charge in [-0.15, -0.1) is 0 Å². The predicted octanol–water partition coefficient (Wildman–Crippen LogP) is 3.88. The van der Waals surface area contributed by atoms with Crippen molar-refractivity contribution in [1.82, 2.24) is 0 Å². The van der Waals surface area contributed by atoms with E-state index < -0.39 is 0 Å². The monoisotopic (exact) mass is 376 g/mol. The third-order valence-electron chi connectivity index (χ3n) is 1.90. The maximum absolute atomic E-state index is 11.9. The molecule has 0 N–H and O–H groups in total. The van der Waals surface area contributed by atoms with E-state index in [2.05, 4.69) is 38.5 Å². The molecule has 2 nitrogen and oxygen atoms in total. The first-order chi connectivity index (χ1) is 7.16. The van der Waals surface area contributed by atoms with Gasteiger partial charge in [0.25, 0.3) is 0 Å². The topological polar surface area (TPSA) is 30.2 Å². The van der Waals surface area contributed by atoms with Crippen molar-refractivity contribution < 1.29 is 9.21 Å². The Hall–Kier alpha value is -0.620. The summed E-state index contributed by atoms with van der Waals surface area (Å²) >= 11 is 5.36. The molecular weight excluding hydrogens is 371 g/mol.